The number of morpholine rings is 1. The van der Waals surface area contributed by atoms with E-state index in [2.05, 4.69) is 20.9 Å². The molecule has 1 aliphatic rings. The van der Waals surface area contributed by atoms with E-state index in [4.69, 9.17) is 4.74 Å². The highest BCUT2D eigenvalue weighted by molar-refractivity contribution is 5.86. The van der Waals surface area contributed by atoms with Crippen molar-refractivity contribution in [2.75, 3.05) is 25.0 Å². The van der Waals surface area contributed by atoms with Gasteiger partial charge >= 0.3 is 0 Å². The molecule has 0 bridgehead atoms. The average molecular weight is 354 g/mol. The van der Waals surface area contributed by atoms with E-state index in [-0.39, 0.29) is 18.4 Å². The predicted molar refractivity (Wildman–Crippen MR) is 97.4 cm³/mol. The zero-order chi connectivity index (χ0) is 18.2. The molecule has 3 N–H and O–H groups in total. The molecular weight excluding hydrogens is 332 g/mol. The Morgan fingerprint density at radius 2 is 2.04 bits per heavy atom. The summed E-state index contributed by atoms with van der Waals surface area (Å²) < 4.78 is 5.50. The number of rotatable bonds is 7. The second-order valence-corrected chi connectivity index (χ2v) is 6.00. The molecule has 1 fully saturated rings. The fourth-order valence-corrected chi connectivity index (χ4v) is 2.80. The van der Waals surface area contributed by atoms with Gasteiger partial charge in [-0.2, -0.15) is 0 Å². The number of nitrogens with zero attached hydrogens (tertiary/aromatic N) is 1. The molecule has 0 aliphatic carbocycles. The van der Waals surface area contributed by atoms with E-state index in [9.17, 15) is 9.59 Å². The van der Waals surface area contributed by atoms with Gasteiger partial charge in [-0.15, -0.1) is 0 Å². The van der Waals surface area contributed by atoms with Crippen molar-refractivity contribution >= 4 is 17.5 Å². The fourth-order valence-electron chi connectivity index (χ4n) is 2.80. The lowest BCUT2D eigenvalue weighted by Crippen LogP contribution is -2.52. The Balaban J connectivity index is 1.48. The van der Waals surface area contributed by atoms with Crippen LogP contribution in [0.15, 0.2) is 54.9 Å². The summed E-state index contributed by atoms with van der Waals surface area (Å²) in [5.41, 5.74) is 1.79. The summed E-state index contributed by atoms with van der Waals surface area (Å²) >= 11 is 0. The van der Waals surface area contributed by atoms with Crippen LogP contribution < -0.4 is 16.0 Å². The van der Waals surface area contributed by atoms with Gasteiger partial charge in [-0.25, -0.2) is 0 Å². The van der Waals surface area contributed by atoms with Gasteiger partial charge in [0, 0.05) is 25.5 Å². The molecular formula is C19H22N4O3. The van der Waals surface area contributed by atoms with Gasteiger partial charge in [-0.3, -0.25) is 14.6 Å². The maximum atomic E-state index is 12.5. The predicted octanol–water partition coefficient (Wildman–Crippen LogP) is 1.26. The lowest BCUT2D eigenvalue weighted by molar-refractivity contribution is -0.148. The van der Waals surface area contributed by atoms with Crippen LogP contribution in [-0.2, 0) is 14.3 Å². The summed E-state index contributed by atoms with van der Waals surface area (Å²) in [5.74, 6) is -0.441. The molecule has 1 aromatic heterocycles. The van der Waals surface area contributed by atoms with Crippen LogP contribution in [-0.4, -0.2) is 42.6 Å². The number of carbonyl (C=O) groups is 2. The first-order valence-corrected chi connectivity index (χ1v) is 8.61. The second kappa shape index (κ2) is 8.96. The molecule has 1 aromatic carbocycles. The molecule has 7 nitrogen and oxygen atoms in total. The third-order valence-electron chi connectivity index (χ3n) is 4.07. The molecule has 26 heavy (non-hydrogen) atoms. The van der Waals surface area contributed by atoms with Gasteiger partial charge in [0.1, 0.15) is 6.61 Å². The van der Waals surface area contributed by atoms with E-state index in [1.807, 2.05) is 42.5 Å². The number of hydrogen-bond acceptors (Lipinski definition) is 5. The van der Waals surface area contributed by atoms with E-state index < -0.39 is 12.1 Å². The summed E-state index contributed by atoms with van der Waals surface area (Å²) in [6.07, 6.45) is 3.50. The highest BCUT2D eigenvalue weighted by Gasteiger charge is 2.35. The maximum Gasteiger partial charge on any atom is 0.251 e. The Labute approximate surface area is 152 Å². The number of ether oxygens (including phenoxy) is 1. The summed E-state index contributed by atoms with van der Waals surface area (Å²) in [5, 5.41) is 8.96. The number of hydrogen-bond donors (Lipinski definition) is 3. The standard InChI is InChI=1S/C19H22N4O3/c24-16-13-26-18(17(23-16)14-6-2-1-3-7-14)19(25)22-11-5-10-21-15-8-4-9-20-12-15/h1-4,6-9,12,17-18,21H,5,10-11,13H2,(H,22,25)(H,23,24)/t17-,18+/m1/s1. The van der Waals surface area contributed by atoms with Gasteiger partial charge in [0.25, 0.3) is 5.91 Å². The van der Waals surface area contributed by atoms with Crippen LogP contribution in [0.2, 0.25) is 0 Å². The third kappa shape index (κ3) is 4.80. The molecule has 0 saturated carbocycles. The highest BCUT2D eigenvalue weighted by Crippen LogP contribution is 2.22. The van der Waals surface area contributed by atoms with Crippen LogP contribution in [0.3, 0.4) is 0 Å². The van der Waals surface area contributed by atoms with Gasteiger partial charge < -0.3 is 20.7 Å². The minimum absolute atomic E-state index is 0.107. The number of amides is 2. The lowest BCUT2D eigenvalue weighted by atomic mass is 9.99. The first-order chi connectivity index (χ1) is 12.7. The topological polar surface area (TPSA) is 92.4 Å². The van der Waals surface area contributed by atoms with Crippen LogP contribution in [0.1, 0.15) is 18.0 Å². The highest BCUT2D eigenvalue weighted by atomic mass is 16.5. The van der Waals surface area contributed by atoms with E-state index >= 15 is 0 Å². The van der Waals surface area contributed by atoms with Crippen molar-refractivity contribution in [2.45, 2.75) is 18.6 Å². The van der Waals surface area contributed by atoms with Crippen molar-refractivity contribution in [3.63, 3.8) is 0 Å². The average Bonchev–Trinajstić information content (AvgIpc) is 2.69. The van der Waals surface area contributed by atoms with Gasteiger partial charge in [0.15, 0.2) is 6.10 Å². The lowest BCUT2D eigenvalue weighted by Gasteiger charge is -2.31. The van der Waals surface area contributed by atoms with Gasteiger partial charge in [-0.05, 0) is 24.1 Å². The van der Waals surface area contributed by atoms with Crippen LogP contribution in [0, 0.1) is 0 Å². The molecule has 7 heteroatoms. The Kier molecular flexibility index (Phi) is 6.16. The molecule has 0 spiro atoms. The van der Waals surface area contributed by atoms with E-state index in [1.165, 1.54) is 0 Å². The number of carbonyl (C=O) groups excluding carboxylic acids is 2. The van der Waals surface area contributed by atoms with E-state index in [0.717, 1.165) is 24.2 Å². The number of pyridine rings is 1. The molecule has 1 saturated heterocycles. The molecule has 136 valence electrons. The monoisotopic (exact) mass is 354 g/mol. The smallest absolute Gasteiger partial charge is 0.251 e. The van der Waals surface area contributed by atoms with Crippen molar-refractivity contribution in [3.05, 3.63) is 60.4 Å². The third-order valence-corrected chi connectivity index (χ3v) is 4.07. The van der Waals surface area contributed by atoms with Gasteiger partial charge in [0.05, 0.1) is 11.7 Å². The molecule has 3 rings (SSSR count). The van der Waals surface area contributed by atoms with E-state index in [0.29, 0.717) is 6.54 Å². The molecule has 0 unspecified atom stereocenters. The Morgan fingerprint density at radius 1 is 1.19 bits per heavy atom. The molecule has 2 atom stereocenters. The SMILES string of the molecule is O=C1CO[C@H](C(=O)NCCCNc2cccnc2)[C@@H](c2ccccc2)N1. The summed E-state index contributed by atoms with van der Waals surface area (Å²) in [6, 6.07) is 12.7. The Morgan fingerprint density at radius 3 is 2.81 bits per heavy atom. The van der Waals surface area contributed by atoms with Crippen molar-refractivity contribution in [3.8, 4) is 0 Å². The normalized spacial score (nSPS) is 19.5. The Hall–Kier alpha value is -2.93. The summed E-state index contributed by atoms with van der Waals surface area (Å²) in [7, 11) is 0. The van der Waals surface area contributed by atoms with Crippen molar-refractivity contribution < 1.29 is 14.3 Å². The summed E-state index contributed by atoms with van der Waals surface area (Å²) in [6.45, 7) is 1.13. The largest absolute Gasteiger partial charge is 0.384 e. The van der Waals surface area contributed by atoms with Crippen molar-refractivity contribution in [2.24, 2.45) is 0 Å². The number of nitrogens with one attached hydrogen (secondary N) is 3. The van der Waals surface area contributed by atoms with Gasteiger partial charge in [0.2, 0.25) is 5.91 Å². The molecule has 1 aliphatic heterocycles. The van der Waals surface area contributed by atoms with Crippen molar-refractivity contribution in [1.29, 1.82) is 0 Å². The fraction of sp³-hybridized carbons (Fsp3) is 0.316. The van der Waals surface area contributed by atoms with E-state index in [1.54, 1.807) is 12.4 Å². The minimum atomic E-state index is -0.735. The quantitative estimate of drug-likeness (QED) is 0.651. The van der Waals surface area contributed by atoms with Crippen LogP contribution in [0.4, 0.5) is 5.69 Å². The molecule has 2 aromatic rings. The molecule has 0 radical (unpaired) electrons. The zero-order valence-electron chi connectivity index (χ0n) is 14.4. The first kappa shape index (κ1) is 17.9. The van der Waals surface area contributed by atoms with Crippen LogP contribution >= 0.6 is 0 Å². The number of anilines is 1. The summed E-state index contributed by atoms with van der Waals surface area (Å²) in [4.78, 5) is 28.2. The Bertz CT molecular complexity index is 724. The molecule has 2 heterocycles. The number of benzene rings is 1. The number of aromatic nitrogens is 1. The molecule has 2 amide bonds. The van der Waals surface area contributed by atoms with Gasteiger partial charge in [-0.1, -0.05) is 30.3 Å². The van der Waals surface area contributed by atoms with Crippen LogP contribution in [0.5, 0.6) is 0 Å². The maximum absolute atomic E-state index is 12.5. The second-order valence-electron chi connectivity index (χ2n) is 6.00. The zero-order valence-corrected chi connectivity index (χ0v) is 14.4. The van der Waals surface area contributed by atoms with Crippen LogP contribution in [0.25, 0.3) is 0 Å². The van der Waals surface area contributed by atoms with Crippen molar-refractivity contribution in [1.82, 2.24) is 15.6 Å². The minimum Gasteiger partial charge on any atom is -0.384 e. The first-order valence-electron chi connectivity index (χ1n) is 8.61.